The zero-order valence-electron chi connectivity index (χ0n) is 14.5. The number of carbonyl (C=O) groups excluding carboxylic acids is 1. The Hall–Kier alpha value is -1.26. The number of nitrogens with zero attached hydrogens (tertiary/aromatic N) is 2. The quantitative estimate of drug-likeness (QED) is 0.757. The molecular weight excluding hydrogens is 278 g/mol. The molecule has 0 bridgehead atoms. The van der Waals surface area contributed by atoms with Crippen molar-refractivity contribution in [3.8, 4) is 0 Å². The minimum Gasteiger partial charge on any atom is -0.444 e. The maximum atomic E-state index is 12.2. The summed E-state index contributed by atoms with van der Waals surface area (Å²) in [6.07, 6.45) is 6.18. The molecule has 1 amide bonds. The molecular formula is C17H31N3O2. The Kier molecular flexibility index (Phi) is 5.70. The number of carbonyl (C=O) groups is 1. The zero-order valence-corrected chi connectivity index (χ0v) is 14.5. The Morgan fingerprint density at radius 2 is 2.00 bits per heavy atom. The summed E-state index contributed by atoms with van der Waals surface area (Å²) >= 11 is 0. The molecule has 1 saturated carbocycles. The van der Waals surface area contributed by atoms with Gasteiger partial charge >= 0.3 is 6.09 Å². The van der Waals surface area contributed by atoms with E-state index in [1.54, 1.807) is 4.90 Å². The Morgan fingerprint density at radius 1 is 1.27 bits per heavy atom. The maximum Gasteiger partial charge on any atom is 0.410 e. The van der Waals surface area contributed by atoms with Crippen molar-refractivity contribution in [2.45, 2.75) is 71.4 Å². The van der Waals surface area contributed by atoms with Gasteiger partial charge in [0.05, 0.1) is 13.1 Å². The second-order valence-corrected chi connectivity index (χ2v) is 7.60. The van der Waals surface area contributed by atoms with Gasteiger partial charge in [-0.2, -0.15) is 0 Å². The predicted molar refractivity (Wildman–Crippen MR) is 89.3 cm³/mol. The van der Waals surface area contributed by atoms with E-state index in [9.17, 15) is 4.79 Å². The summed E-state index contributed by atoms with van der Waals surface area (Å²) in [7, 11) is 0. The second-order valence-electron chi connectivity index (χ2n) is 7.60. The third-order valence-corrected chi connectivity index (χ3v) is 4.38. The van der Waals surface area contributed by atoms with Crippen molar-refractivity contribution in [2.24, 2.45) is 10.9 Å². The lowest BCUT2D eigenvalue weighted by Gasteiger charge is -2.32. The standard InChI is InChI=1S/C17H31N3O2/c1-13-8-6-5-7-9-14(13)19-15-12-20(11-10-18-15)16(21)22-17(2,3)4/h13-14H,5-12H2,1-4H3,(H,18,19). The predicted octanol–water partition coefficient (Wildman–Crippen LogP) is 3.19. The highest BCUT2D eigenvalue weighted by Crippen LogP contribution is 2.23. The minimum atomic E-state index is -0.449. The van der Waals surface area contributed by atoms with E-state index in [2.05, 4.69) is 17.2 Å². The van der Waals surface area contributed by atoms with Crippen LogP contribution in [0.3, 0.4) is 0 Å². The summed E-state index contributed by atoms with van der Waals surface area (Å²) in [6, 6.07) is 0.486. The van der Waals surface area contributed by atoms with Gasteiger partial charge in [0.1, 0.15) is 11.4 Å². The van der Waals surface area contributed by atoms with Gasteiger partial charge in [0.25, 0.3) is 0 Å². The normalized spacial score (nSPS) is 26.9. The summed E-state index contributed by atoms with van der Waals surface area (Å²) in [5.41, 5.74) is -0.449. The van der Waals surface area contributed by atoms with Crippen LogP contribution in [0.15, 0.2) is 4.99 Å². The topological polar surface area (TPSA) is 53.9 Å². The molecule has 0 aromatic heterocycles. The number of rotatable bonds is 1. The van der Waals surface area contributed by atoms with Crippen LogP contribution in [-0.4, -0.2) is 48.1 Å². The van der Waals surface area contributed by atoms with Crippen molar-refractivity contribution in [1.82, 2.24) is 10.2 Å². The molecule has 1 N–H and O–H groups in total. The summed E-state index contributed by atoms with van der Waals surface area (Å²) in [4.78, 5) is 18.5. The molecule has 22 heavy (non-hydrogen) atoms. The Morgan fingerprint density at radius 3 is 2.73 bits per heavy atom. The molecule has 1 aliphatic carbocycles. The third kappa shape index (κ3) is 5.18. The molecule has 2 unspecified atom stereocenters. The molecule has 1 fully saturated rings. The van der Waals surface area contributed by atoms with Gasteiger partial charge in [-0.3, -0.25) is 9.89 Å². The number of nitrogens with one attached hydrogen (secondary N) is 1. The van der Waals surface area contributed by atoms with Crippen LogP contribution in [0.4, 0.5) is 4.79 Å². The highest BCUT2D eigenvalue weighted by molar-refractivity contribution is 5.88. The molecule has 0 radical (unpaired) electrons. The first kappa shape index (κ1) is 17.1. The van der Waals surface area contributed by atoms with Crippen LogP contribution in [0, 0.1) is 5.92 Å². The fraction of sp³-hybridized carbons (Fsp3) is 0.882. The molecule has 0 aromatic carbocycles. The van der Waals surface area contributed by atoms with Crippen LogP contribution in [0.5, 0.6) is 0 Å². The number of ether oxygens (including phenoxy) is 1. The van der Waals surface area contributed by atoms with E-state index in [4.69, 9.17) is 4.74 Å². The lowest BCUT2D eigenvalue weighted by atomic mass is 9.97. The van der Waals surface area contributed by atoms with Gasteiger partial charge in [0.15, 0.2) is 0 Å². The molecule has 0 saturated heterocycles. The first-order valence-electron chi connectivity index (χ1n) is 8.63. The van der Waals surface area contributed by atoms with Crippen molar-refractivity contribution in [2.75, 3.05) is 19.6 Å². The maximum absolute atomic E-state index is 12.2. The Balaban J connectivity index is 1.90. The zero-order chi connectivity index (χ0) is 16.2. The Bertz CT molecular complexity index is 415. The van der Waals surface area contributed by atoms with Gasteiger partial charge < -0.3 is 10.1 Å². The van der Waals surface area contributed by atoms with Gasteiger partial charge in [-0.1, -0.05) is 26.2 Å². The summed E-state index contributed by atoms with van der Waals surface area (Å²) in [5, 5.41) is 3.60. The number of hydrogen-bond donors (Lipinski definition) is 1. The van der Waals surface area contributed by atoms with Crippen LogP contribution in [-0.2, 0) is 4.74 Å². The van der Waals surface area contributed by atoms with Crippen molar-refractivity contribution < 1.29 is 9.53 Å². The van der Waals surface area contributed by atoms with Crippen LogP contribution >= 0.6 is 0 Å². The van der Waals surface area contributed by atoms with Crippen molar-refractivity contribution in [3.05, 3.63) is 0 Å². The lowest BCUT2D eigenvalue weighted by molar-refractivity contribution is 0.0276. The Labute approximate surface area is 134 Å². The first-order valence-corrected chi connectivity index (χ1v) is 8.63. The summed E-state index contributed by atoms with van der Waals surface area (Å²) < 4.78 is 5.46. The molecule has 0 spiro atoms. The van der Waals surface area contributed by atoms with Crippen LogP contribution in [0.25, 0.3) is 0 Å². The van der Waals surface area contributed by atoms with Crippen LogP contribution < -0.4 is 5.32 Å². The average Bonchev–Trinajstić information content (AvgIpc) is 2.63. The fourth-order valence-corrected chi connectivity index (χ4v) is 3.11. The monoisotopic (exact) mass is 309 g/mol. The largest absolute Gasteiger partial charge is 0.444 e. The van der Waals surface area contributed by atoms with Gasteiger partial charge in [0, 0.05) is 12.6 Å². The lowest BCUT2D eigenvalue weighted by Crippen LogP contribution is -2.50. The molecule has 1 heterocycles. The molecule has 2 atom stereocenters. The number of amides is 1. The van der Waals surface area contributed by atoms with E-state index in [1.807, 2.05) is 20.8 Å². The molecule has 126 valence electrons. The average molecular weight is 309 g/mol. The molecule has 5 heteroatoms. The van der Waals surface area contributed by atoms with E-state index >= 15 is 0 Å². The number of amidine groups is 1. The van der Waals surface area contributed by atoms with Crippen LogP contribution in [0.1, 0.15) is 59.8 Å². The van der Waals surface area contributed by atoms with Gasteiger partial charge in [-0.05, 0) is 39.5 Å². The van der Waals surface area contributed by atoms with Gasteiger partial charge in [0.2, 0.25) is 0 Å². The van der Waals surface area contributed by atoms with E-state index in [0.29, 0.717) is 31.6 Å². The highest BCUT2D eigenvalue weighted by atomic mass is 16.6. The third-order valence-electron chi connectivity index (χ3n) is 4.38. The van der Waals surface area contributed by atoms with E-state index in [-0.39, 0.29) is 6.09 Å². The summed E-state index contributed by atoms with van der Waals surface area (Å²) in [5.74, 6) is 1.61. The molecule has 0 aromatic rings. The fourth-order valence-electron chi connectivity index (χ4n) is 3.11. The van der Waals surface area contributed by atoms with E-state index in [1.165, 1.54) is 32.1 Å². The highest BCUT2D eigenvalue weighted by Gasteiger charge is 2.27. The molecule has 1 aliphatic heterocycles. The smallest absolute Gasteiger partial charge is 0.410 e. The summed E-state index contributed by atoms with van der Waals surface area (Å²) in [6.45, 7) is 9.85. The van der Waals surface area contributed by atoms with E-state index < -0.39 is 5.60 Å². The number of aliphatic imine (C=N–C) groups is 1. The second kappa shape index (κ2) is 7.34. The molecule has 2 aliphatic rings. The minimum absolute atomic E-state index is 0.240. The van der Waals surface area contributed by atoms with E-state index in [0.717, 1.165) is 5.84 Å². The number of hydrogen-bond acceptors (Lipinski definition) is 4. The van der Waals surface area contributed by atoms with Gasteiger partial charge in [-0.15, -0.1) is 0 Å². The SMILES string of the molecule is CC1CCCCCC1NC1=NCCN(C(=O)OC(C)(C)C)C1. The van der Waals surface area contributed by atoms with Crippen molar-refractivity contribution in [1.29, 1.82) is 0 Å². The molecule has 5 nitrogen and oxygen atoms in total. The van der Waals surface area contributed by atoms with Crippen molar-refractivity contribution in [3.63, 3.8) is 0 Å². The molecule has 2 rings (SSSR count). The van der Waals surface area contributed by atoms with Crippen LogP contribution in [0.2, 0.25) is 0 Å². The van der Waals surface area contributed by atoms with Gasteiger partial charge in [-0.25, -0.2) is 4.79 Å². The first-order chi connectivity index (χ1) is 10.3. The van der Waals surface area contributed by atoms with Crippen molar-refractivity contribution >= 4 is 11.9 Å².